The summed E-state index contributed by atoms with van der Waals surface area (Å²) in [4.78, 5) is 4.49. The number of guanidine groups is 1. The van der Waals surface area contributed by atoms with E-state index in [0.717, 1.165) is 18.5 Å². The van der Waals surface area contributed by atoms with E-state index in [1.807, 2.05) is 7.05 Å². The van der Waals surface area contributed by atoms with E-state index in [9.17, 15) is 0 Å². The average molecular weight is 322 g/mol. The fraction of sp³-hybridized carbons (Fsp3) is 0.947. The van der Waals surface area contributed by atoms with Crippen molar-refractivity contribution in [2.24, 2.45) is 22.2 Å². The lowest BCUT2D eigenvalue weighted by Crippen LogP contribution is -2.68. The van der Waals surface area contributed by atoms with Gasteiger partial charge in [-0.3, -0.25) is 4.99 Å². The molecule has 0 aromatic rings. The topological polar surface area (TPSA) is 45.7 Å². The van der Waals surface area contributed by atoms with Gasteiger partial charge in [-0.1, -0.05) is 33.6 Å². The largest absolute Gasteiger partial charge is 0.377 e. The summed E-state index contributed by atoms with van der Waals surface area (Å²) in [6.07, 6.45) is 9.66. The van der Waals surface area contributed by atoms with Crippen LogP contribution >= 0.6 is 0 Å². The summed E-state index contributed by atoms with van der Waals surface area (Å²) < 4.78 is 5.90. The van der Waals surface area contributed by atoms with Crippen molar-refractivity contribution < 1.29 is 4.74 Å². The maximum Gasteiger partial charge on any atom is 0.191 e. The molecule has 0 bridgehead atoms. The molecule has 1 saturated heterocycles. The number of aliphatic imine (C=N–C) groups is 1. The van der Waals surface area contributed by atoms with Crippen LogP contribution in [-0.4, -0.2) is 37.8 Å². The molecule has 0 radical (unpaired) electrons. The Morgan fingerprint density at radius 3 is 2.52 bits per heavy atom. The van der Waals surface area contributed by atoms with Crippen molar-refractivity contribution in [1.82, 2.24) is 10.6 Å². The van der Waals surface area contributed by atoms with E-state index in [2.05, 4.69) is 36.4 Å². The van der Waals surface area contributed by atoms with Crippen LogP contribution in [0.25, 0.3) is 0 Å². The van der Waals surface area contributed by atoms with E-state index in [-0.39, 0.29) is 5.41 Å². The lowest BCUT2D eigenvalue weighted by Gasteiger charge is -2.55. The Balaban J connectivity index is 1.50. The molecule has 0 aromatic heterocycles. The molecule has 3 aliphatic rings. The number of hydrogen-bond acceptors (Lipinski definition) is 2. The van der Waals surface area contributed by atoms with Crippen LogP contribution in [0.5, 0.6) is 0 Å². The van der Waals surface area contributed by atoms with Crippen molar-refractivity contribution in [2.75, 3.05) is 13.7 Å². The third-order valence-electron chi connectivity index (χ3n) is 6.50. The molecule has 4 nitrogen and oxygen atoms in total. The minimum Gasteiger partial charge on any atom is -0.377 e. The first-order valence-corrected chi connectivity index (χ1v) is 9.67. The van der Waals surface area contributed by atoms with Crippen molar-refractivity contribution in [3.05, 3.63) is 0 Å². The van der Waals surface area contributed by atoms with Gasteiger partial charge >= 0.3 is 0 Å². The Labute approximate surface area is 141 Å². The number of rotatable bonds is 4. The van der Waals surface area contributed by atoms with Crippen LogP contribution < -0.4 is 10.6 Å². The van der Waals surface area contributed by atoms with Crippen molar-refractivity contribution in [3.8, 4) is 0 Å². The van der Waals surface area contributed by atoms with Crippen LogP contribution in [0.15, 0.2) is 4.99 Å². The highest BCUT2D eigenvalue weighted by Gasteiger charge is 2.59. The molecule has 2 aliphatic carbocycles. The predicted molar refractivity (Wildman–Crippen MR) is 95.7 cm³/mol. The molecule has 0 spiro atoms. The smallest absolute Gasteiger partial charge is 0.191 e. The SMILES string of the molecule is CCCC1CCC(NC(=NC)NC2C3CCOC3C2(C)C)CC1. The normalized spacial score (nSPS) is 39.5. The molecule has 3 unspecified atom stereocenters. The number of nitrogens with one attached hydrogen (secondary N) is 2. The zero-order valence-corrected chi connectivity index (χ0v) is 15.4. The van der Waals surface area contributed by atoms with Gasteiger partial charge in [0.05, 0.1) is 6.10 Å². The van der Waals surface area contributed by atoms with E-state index >= 15 is 0 Å². The van der Waals surface area contributed by atoms with Gasteiger partial charge in [0.25, 0.3) is 0 Å². The van der Waals surface area contributed by atoms with Gasteiger partial charge in [0.1, 0.15) is 0 Å². The summed E-state index contributed by atoms with van der Waals surface area (Å²) in [7, 11) is 1.90. The monoisotopic (exact) mass is 321 g/mol. The summed E-state index contributed by atoms with van der Waals surface area (Å²) in [6, 6.07) is 1.07. The number of ether oxygens (including phenoxy) is 1. The Bertz CT molecular complexity index is 426. The Hall–Kier alpha value is -0.770. The number of fused-ring (bicyclic) bond motifs is 1. The summed E-state index contributed by atoms with van der Waals surface area (Å²) in [5.41, 5.74) is 0.206. The summed E-state index contributed by atoms with van der Waals surface area (Å²) in [5, 5.41) is 7.39. The fourth-order valence-corrected chi connectivity index (χ4v) is 5.13. The Kier molecular flexibility index (Phi) is 5.19. The summed E-state index contributed by atoms with van der Waals surface area (Å²) in [6.45, 7) is 7.86. The highest BCUT2D eigenvalue weighted by Crippen LogP contribution is 2.52. The van der Waals surface area contributed by atoms with E-state index < -0.39 is 0 Å². The van der Waals surface area contributed by atoms with Gasteiger partial charge in [-0.25, -0.2) is 0 Å². The lowest BCUT2D eigenvalue weighted by molar-refractivity contribution is -0.106. The maximum absolute atomic E-state index is 5.90. The molecule has 3 fully saturated rings. The van der Waals surface area contributed by atoms with Gasteiger partial charge in [0.15, 0.2) is 5.96 Å². The predicted octanol–water partition coefficient (Wildman–Crippen LogP) is 3.32. The summed E-state index contributed by atoms with van der Waals surface area (Å²) in [5.74, 6) is 2.60. The lowest BCUT2D eigenvalue weighted by atomic mass is 9.57. The van der Waals surface area contributed by atoms with Crippen LogP contribution in [0, 0.1) is 17.3 Å². The Morgan fingerprint density at radius 2 is 1.87 bits per heavy atom. The molecule has 0 amide bonds. The summed E-state index contributed by atoms with van der Waals surface area (Å²) >= 11 is 0. The zero-order chi connectivity index (χ0) is 16.4. The third-order valence-corrected chi connectivity index (χ3v) is 6.50. The molecule has 3 atom stereocenters. The highest BCUT2D eigenvalue weighted by molar-refractivity contribution is 5.80. The average Bonchev–Trinajstić information content (AvgIpc) is 3.00. The van der Waals surface area contributed by atoms with Crippen molar-refractivity contribution in [3.63, 3.8) is 0 Å². The van der Waals surface area contributed by atoms with Crippen LogP contribution in [0.2, 0.25) is 0 Å². The quantitative estimate of drug-likeness (QED) is 0.617. The molecular formula is C19H35N3O. The molecule has 4 heteroatoms. The Morgan fingerprint density at radius 1 is 1.13 bits per heavy atom. The first kappa shape index (κ1) is 17.1. The molecule has 2 saturated carbocycles. The maximum atomic E-state index is 5.90. The molecule has 3 rings (SSSR count). The number of hydrogen-bond donors (Lipinski definition) is 2. The van der Waals surface area contributed by atoms with Gasteiger partial charge in [0.2, 0.25) is 0 Å². The van der Waals surface area contributed by atoms with Crippen LogP contribution in [0.4, 0.5) is 0 Å². The van der Waals surface area contributed by atoms with Crippen molar-refractivity contribution in [1.29, 1.82) is 0 Å². The standard InChI is InChI=1S/C19H35N3O/c1-5-6-13-7-9-14(10-8-13)21-18(20-4)22-16-15-11-12-23-17(15)19(16,2)3/h13-17H,5-12H2,1-4H3,(H2,20,21,22). The second-order valence-electron chi connectivity index (χ2n) is 8.41. The van der Waals surface area contributed by atoms with E-state index in [4.69, 9.17) is 4.74 Å². The van der Waals surface area contributed by atoms with Gasteiger partial charge in [-0.05, 0) is 38.0 Å². The van der Waals surface area contributed by atoms with Crippen molar-refractivity contribution >= 4 is 5.96 Å². The highest BCUT2D eigenvalue weighted by atomic mass is 16.5. The van der Waals surface area contributed by atoms with E-state index in [0.29, 0.717) is 24.1 Å². The second kappa shape index (κ2) is 7.00. The molecule has 2 N–H and O–H groups in total. The van der Waals surface area contributed by atoms with Crippen LogP contribution in [0.3, 0.4) is 0 Å². The van der Waals surface area contributed by atoms with Gasteiger partial charge in [0, 0.05) is 37.1 Å². The number of nitrogens with zero attached hydrogens (tertiary/aromatic N) is 1. The molecule has 0 aromatic carbocycles. The van der Waals surface area contributed by atoms with Gasteiger partial charge in [-0.2, -0.15) is 0 Å². The molecule has 23 heavy (non-hydrogen) atoms. The minimum absolute atomic E-state index is 0.206. The van der Waals surface area contributed by atoms with Crippen molar-refractivity contribution in [2.45, 2.75) is 83.9 Å². The van der Waals surface area contributed by atoms with Gasteiger partial charge < -0.3 is 15.4 Å². The van der Waals surface area contributed by atoms with Crippen LogP contribution in [-0.2, 0) is 4.74 Å². The third kappa shape index (κ3) is 3.38. The zero-order valence-electron chi connectivity index (χ0n) is 15.4. The first-order valence-electron chi connectivity index (χ1n) is 9.67. The molecular weight excluding hydrogens is 286 g/mol. The van der Waals surface area contributed by atoms with Gasteiger partial charge in [-0.15, -0.1) is 0 Å². The first-order chi connectivity index (χ1) is 11.1. The minimum atomic E-state index is 0.206. The second-order valence-corrected chi connectivity index (χ2v) is 8.41. The van der Waals surface area contributed by atoms with Crippen LogP contribution in [0.1, 0.15) is 65.7 Å². The fourth-order valence-electron chi connectivity index (χ4n) is 5.13. The van der Waals surface area contributed by atoms with E-state index in [1.54, 1.807) is 0 Å². The molecule has 1 aliphatic heterocycles. The molecule has 1 heterocycles. The molecule has 132 valence electrons. The van der Waals surface area contributed by atoms with E-state index in [1.165, 1.54) is 44.9 Å².